The molecule has 0 N–H and O–H groups in total. The van der Waals surface area contributed by atoms with Gasteiger partial charge in [0, 0.05) is 37.7 Å². The Morgan fingerprint density at radius 3 is 2.26 bits per heavy atom. The van der Waals surface area contributed by atoms with E-state index in [2.05, 4.69) is 9.88 Å². The van der Waals surface area contributed by atoms with Crippen molar-refractivity contribution in [1.82, 2.24) is 19.8 Å². The van der Waals surface area contributed by atoms with E-state index in [1.807, 2.05) is 46.4 Å². The van der Waals surface area contributed by atoms with Crippen LogP contribution in [-0.4, -0.2) is 107 Å². The molecule has 15 heteroatoms. The number of halogens is 4. The maximum absolute atomic E-state index is 14.0. The quantitative estimate of drug-likeness (QED) is 0.180. The van der Waals surface area contributed by atoms with Gasteiger partial charge in [-0.25, -0.2) is 4.79 Å². The second kappa shape index (κ2) is 15.2. The van der Waals surface area contributed by atoms with Gasteiger partial charge in [0.05, 0.1) is 41.2 Å². The van der Waals surface area contributed by atoms with Crippen LogP contribution in [0, 0.1) is 0 Å². The number of fused-ring (bicyclic) bond motifs is 3. The van der Waals surface area contributed by atoms with Crippen molar-refractivity contribution >= 4 is 40.4 Å². The van der Waals surface area contributed by atoms with E-state index in [9.17, 15) is 22.8 Å². The fourth-order valence-corrected chi connectivity index (χ4v) is 7.16. The SMILES string of the molecule is CC(C)(C)OC(=O)CCOCCCN1CCC[C@H]1COc1nc(N2CC3CCC(C2)N3C(=O)OC(C)(C)C)c2cc(C(F)(F)F)c(Cl)cc2n1. The molecule has 3 fully saturated rings. The fraction of sp³-hybridized carbons (Fsp3) is 0.714. The second-order valence-corrected chi connectivity index (χ2v) is 15.7. The first-order chi connectivity index (χ1) is 23.4. The predicted molar refractivity (Wildman–Crippen MR) is 183 cm³/mol. The van der Waals surface area contributed by atoms with Crippen molar-refractivity contribution in [1.29, 1.82) is 0 Å². The van der Waals surface area contributed by atoms with Crippen molar-refractivity contribution < 1.29 is 41.7 Å². The summed E-state index contributed by atoms with van der Waals surface area (Å²) in [6, 6.07) is 2.02. The minimum atomic E-state index is -4.67. The lowest BCUT2D eigenvalue weighted by Gasteiger charge is -2.42. The zero-order chi connectivity index (χ0) is 36.4. The highest BCUT2D eigenvalue weighted by Gasteiger charge is 2.45. The van der Waals surface area contributed by atoms with E-state index >= 15 is 0 Å². The van der Waals surface area contributed by atoms with Gasteiger partial charge >= 0.3 is 24.2 Å². The van der Waals surface area contributed by atoms with Crippen LogP contribution < -0.4 is 9.64 Å². The summed E-state index contributed by atoms with van der Waals surface area (Å²) in [5.74, 6) is 0.0338. The van der Waals surface area contributed by atoms with Crippen LogP contribution in [0.3, 0.4) is 0 Å². The number of likely N-dealkylation sites (tertiary alicyclic amines) is 1. The van der Waals surface area contributed by atoms with Crippen LogP contribution in [0.15, 0.2) is 12.1 Å². The molecule has 278 valence electrons. The minimum absolute atomic E-state index is 0.0579. The summed E-state index contributed by atoms with van der Waals surface area (Å²) in [4.78, 5) is 40.2. The Morgan fingerprint density at radius 2 is 1.62 bits per heavy atom. The third kappa shape index (κ3) is 9.81. The number of amides is 1. The van der Waals surface area contributed by atoms with Crippen molar-refractivity contribution in [3.8, 4) is 6.01 Å². The Kier molecular flexibility index (Phi) is 11.6. The van der Waals surface area contributed by atoms with Gasteiger partial charge in [0.1, 0.15) is 23.6 Å². The molecule has 4 heterocycles. The van der Waals surface area contributed by atoms with E-state index in [1.165, 1.54) is 6.07 Å². The number of nitrogens with zero attached hydrogens (tertiary/aromatic N) is 5. The van der Waals surface area contributed by atoms with Crippen LogP contribution >= 0.6 is 11.6 Å². The van der Waals surface area contributed by atoms with E-state index in [0.29, 0.717) is 38.7 Å². The first-order valence-electron chi connectivity index (χ1n) is 17.4. The van der Waals surface area contributed by atoms with E-state index in [0.717, 1.165) is 51.3 Å². The largest absolute Gasteiger partial charge is 0.462 e. The van der Waals surface area contributed by atoms with Crippen molar-refractivity contribution in [2.45, 2.75) is 116 Å². The van der Waals surface area contributed by atoms with Gasteiger partial charge in [0.2, 0.25) is 0 Å². The molecule has 0 spiro atoms. The summed E-state index contributed by atoms with van der Waals surface area (Å²) < 4.78 is 64.7. The summed E-state index contributed by atoms with van der Waals surface area (Å²) in [5, 5.41) is -0.237. The second-order valence-electron chi connectivity index (χ2n) is 15.3. The van der Waals surface area contributed by atoms with Crippen molar-refractivity contribution in [3.05, 3.63) is 22.7 Å². The maximum Gasteiger partial charge on any atom is 0.417 e. The molecule has 2 aromatic rings. The van der Waals surface area contributed by atoms with Crippen LogP contribution in [-0.2, 0) is 25.2 Å². The third-order valence-electron chi connectivity index (χ3n) is 8.94. The lowest BCUT2D eigenvalue weighted by atomic mass is 10.1. The number of benzene rings is 1. The number of carbonyl (C=O) groups excluding carboxylic acids is 2. The minimum Gasteiger partial charge on any atom is -0.462 e. The molecule has 1 aromatic heterocycles. The molecular formula is C35H49ClF3N5O6. The molecule has 3 aliphatic rings. The van der Waals surface area contributed by atoms with Crippen LogP contribution in [0.5, 0.6) is 6.01 Å². The Balaban J connectivity index is 1.26. The molecule has 1 aromatic carbocycles. The first-order valence-corrected chi connectivity index (χ1v) is 17.8. The molecule has 2 bridgehead atoms. The monoisotopic (exact) mass is 727 g/mol. The highest BCUT2D eigenvalue weighted by molar-refractivity contribution is 6.32. The maximum atomic E-state index is 14.0. The molecule has 1 amide bonds. The van der Waals surface area contributed by atoms with Gasteiger partial charge in [-0.2, -0.15) is 23.1 Å². The summed E-state index contributed by atoms with van der Waals surface area (Å²) in [7, 11) is 0. The zero-order valence-corrected chi connectivity index (χ0v) is 30.5. The number of ether oxygens (including phenoxy) is 4. The van der Waals surface area contributed by atoms with Crippen LogP contribution in [0.4, 0.5) is 23.8 Å². The Bertz CT molecular complexity index is 1520. The number of esters is 1. The number of hydrogen-bond donors (Lipinski definition) is 0. The van der Waals surface area contributed by atoms with Gasteiger partial charge < -0.3 is 23.8 Å². The first kappa shape index (κ1) is 38.1. The molecule has 11 nitrogen and oxygen atoms in total. The summed E-state index contributed by atoms with van der Waals surface area (Å²) >= 11 is 6.13. The summed E-state index contributed by atoms with van der Waals surface area (Å²) in [6.45, 7) is 14.5. The highest BCUT2D eigenvalue weighted by atomic mass is 35.5. The van der Waals surface area contributed by atoms with E-state index < -0.39 is 28.0 Å². The molecule has 0 radical (unpaired) electrons. The van der Waals surface area contributed by atoms with Gasteiger partial charge in [0.25, 0.3) is 0 Å². The molecule has 50 heavy (non-hydrogen) atoms. The van der Waals surface area contributed by atoms with Crippen molar-refractivity contribution in [2.24, 2.45) is 0 Å². The van der Waals surface area contributed by atoms with Gasteiger partial charge in [-0.1, -0.05) is 11.6 Å². The number of rotatable bonds is 11. The average molecular weight is 728 g/mol. The fourth-order valence-electron chi connectivity index (χ4n) is 6.89. The van der Waals surface area contributed by atoms with E-state index in [4.69, 9.17) is 35.5 Å². The Morgan fingerprint density at radius 1 is 0.940 bits per heavy atom. The van der Waals surface area contributed by atoms with Gasteiger partial charge in [-0.05, 0) is 92.3 Å². The van der Waals surface area contributed by atoms with Crippen LogP contribution in [0.1, 0.15) is 85.6 Å². The molecule has 2 unspecified atom stereocenters. The summed E-state index contributed by atoms with van der Waals surface area (Å²) in [5.41, 5.74) is -1.89. The molecular weight excluding hydrogens is 679 g/mol. The molecule has 0 saturated carbocycles. The highest BCUT2D eigenvalue weighted by Crippen LogP contribution is 2.41. The number of piperazine rings is 1. The van der Waals surface area contributed by atoms with Crippen molar-refractivity contribution in [2.75, 3.05) is 50.9 Å². The third-order valence-corrected chi connectivity index (χ3v) is 9.26. The predicted octanol–water partition coefficient (Wildman–Crippen LogP) is 6.87. The number of carbonyl (C=O) groups is 2. The number of hydrogen-bond acceptors (Lipinski definition) is 10. The van der Waals surface area contributed by atoms with Gasteiger partial charge in [0.15, 0.2) is 0 Å². The molecule has 3 aliphatic heterocycles. The average Bonchev–Trinajstić information content (AvgIpc) is 3.55. The molecule has 5 rings (SSSR count). The number of alkyl halides is 3. The lowest BCUT2D eigenvalue weighted by Crippen LogP contribution is -2.57. The number of anilines is 1. The van der Waals surface area contributed by atoms with Crippen LogP contribution in [0.25, 0.3) is 10.9 Å². The topological polar surface area (TPSA) is 107 Å². The van der Waals surface area contributed by atoms with Crippen LogP contribution in [0.2, 0.25) is 5.02 Å². The lowest BCUT2D eigenvalue weighted by molar-refractivity contribution is -0.156. The van der Waals surface area contributed by atoms with Crippen molar-refractivity contribution in [3.63, 3.8) is 0 Å². The Hall–Kier alpha value is -3.10. The molecule has 3 saturated heterocycles. The molecule has 0 aliphatic carbocycles. The smallest absolute Gasteiger partial charge is 0.417 e. The van der Waals surface area contributed by atoms with E-state index in [-0.39, 0.29) is 53.5 Å². The Labute approximate surface area is 296 Å². The molecule has 3 atom stereocenters. The summed E-state index contributed by atoms with van der Waals surface area (Å²) in [6.07, 6.45) is -0.665. The van der Waals surface area contributed by atoms with Gasteiger partial charge in [-0.15, -0.1) is 0 Å². The van der Waals surface area contributed by atoms with E-state index in [1.54, 1.807) is 4.90 Å². The zero-order valence-electron chi connectivity index (χ0n) is 29.8. The van der Waals surface area contributed by atoms with Gasteiger partial charge in [-0.3, -0.25) is 14.6 Å². The number of aromatic nitrogens is 2. The standard InChI is InChI=1S/C35H49ClF3N5O6/c1-33(2,3)49-29(45)12-16-47-15-8-14-42-13-7-9-24(42)21-48-31-40-28-18-27(36)26(35(37,38)39)17-25(28)30(41-31)43-19-22-10-11-23(20-43)44(22)32(46)50-34(4,5)6/h17-18,22-24H,7-16,19-21H2,1-6H3/t22?,23?,24-/m0/s1. The normalized spacial score (nSPS) is 21.6.